The first-order chi connectivity index (χ1) is 8.72. The molecule has 0 aliphatic rings. The van der Waals surface area contributed by atoms with Gasteiger partial charge in [-0.15, -0.1) is 0 Å². The third-order valence-corrected chi connectivity index (χ3v) is 3.23. The number of hydrogen-bond acceptors (Lipinski definition) is 6. The predicted octanol–water partition coefficient (Wildman–Crippen LogP) is 2.03. The molecule has 0 amide bonds. The Bertz CT molecular complexity index is 695. The van der Waals surface area contributed by atoms with E-state index >= 15 is 0 Å². The lowest BCUT2D eigenvalue weighted by molar-refractivity contribution is 0.836. The molecule has 0 aromatic carbocycles. The second-order valence-corrected chi connectivity index (χ2v) is 4.91. The SMILES string of the molecule is Cc1cnc(Sc2cc(Cl)nc3ncnn23)nc1. The minimum absolute atomic E-state index is 0.366. The fraction of sp³-hybridized carbons (Fsp3) is 0.100. The first kappa shape index (κ1) is 11.4. The number of aryl methyl sites for hydroxylation is 1. The molecule has 3 rings (SSSR count). The van der Waals surface area contributed by atoms with Crippen LogP contribution in [0.15, 0.2) is 35.0 Å². The van der Waals surface area contributed by atoms with Gasteiger partial charge in [0, 0.05) is 18.5 Å². The maximum atomic E-state index is 5.93. The lowest BCUT2D eigenvalue weighted by atomic mass is 10.4. The highest BCUT2D eigenvalue weighted by Gasteiger charge is 2.09. The van der Waals surface area contributed by atoms with E-state index in [0.29, 0.717) is 16.1 Å². The van der Waals surface area contributed by atoms with Gasteiger partial charge in [0.15, 0.2) is 5.16 Å². The van der Waals surface area contributed by atoms with Crippen molar-refractivity contribution in [3.8, 4) is 0 Å². The molecule has 8 heteroatoms. The molecule has 0 atom stereocenters. The first-order valence-corrected chi connectivity index (χ1v) is 6.24. The average Bonchev–Trinajstić information content (AvgIpc) is 2.80. The van der Waals surface area contributed by atoms with Crippen LogP contribution >= 0.6 is 23.4 Å². The molecule has 6 nitrogen and oxygen atoms in total. The Morgan fingerprint density at radius 3 is 2.78 bits per heavy atom. The van der Waals surface area contributed by atoms with Crippen LogP contribution in [0.4, 0.5) is 0 Å². The van der Waals surface area contributed by atoms with Gasteiger partial charge in [-0.05, 0) is 24.2 Å². The van der Waals surface area contributed by atoms with Gasteiger partial charge < -0.3 is 0 Å². The van der Waals surface area contributed by atoms with Crippen LogP contribution in [0.3, 0.4) is 0 Å². The quantitative estimate of drug-likeness (QED) is 0.528. The minimum atomic E-state index is 0.366. The van der Waals surface area contributed by atoms with Gasteiger partial charge in [-0.3, -0.25) is 0 Å². The van der Waals surface area contributed by atoms with Crippen molar-refractivity contribution in [1.82, 2.24) is 29.5 Å². The van der Waals surface area contributed by atoms with Gasteiger partial charge in [-0.1, -0.05) is 11.6 Å². The molecule has 0 spiro atoms. The molecule has 3 heterocycles. The Labute approximate surface area is 111 Å². The van der Waals surface area contributed by atoms with Gasteiger partial charge in [-0.25, -0.2) is 9.97 Å². The van der Waals surface area contributed by atoms with Crippen LogP contribution in [-0.2, 0) is 0 Å². The largest absolute Gasteiger partial charge is 0.254 e. The van der Waals surface area contributed by atoms with E-state index in [2.05, 4.69) is 25.0 Å². The summed E-state index contributed by atoms with van der Waals surface area (Å²) in [5.41, 5.74) is 1.01. The molecule has 0 aliphatic carbocycles. The number of halogens is 1. The zero-order chi connectivity index (χ0) is 12.5. The van der Waals surface area contributed by atoms with Crippen molar-refractivity contribution in [2.75, 3.05) is 0 Å². The zero-order valence-electron chi connectivity index (χ0n) is 9.28. The van der Waals surface area contributed by atoms with Gasteiger partial charge in [0.2, 0.25) is 0 Å². The van der Waals surface area contributed by atoms with Crippen molar-refractivity contribution < 1.29 is 0 Å². The third kappa shape index (κ3) is 2.14. The fourth-order valence-corrected chi connectivity index (χ4v) is 2.38. The molecule has 0 fully saturated rings. The van der Waals surface area contributed by atoms with Crippen LogP contribution in [0.2, 0.25) is 5.15 Å². The van der Waals surface area contributed by atoms with Crippen LogP contribution in [0.1, 0.15) is 5.56 Å². The van der Waals surface area contributed by atoms with Crippen molar-refractivity contribution >= 4 is 29.1 Å². The summed E-state index contributed by atoms with van der Waals surface area (Å²) >= 11 is 7.28. The van der Waals surface area contributed by atoms with E-state index in [1.54, 1.807) is 23.0 Å². The molecule has 90 valence electrons. The monoisotopic (exact) mass is 278 g/mol. The summed E-state index contributed by atoms with van der Waals surface area (Å²) in [5.74, 6) is 0.456. The van der Waals surface area contributed by atoms with E-state index in [-0.39, 0.29) is 0 Å². The number of fused-ring (bicyclic) bond motifs is 1. The Morgan fingerprint density at radius 2 is 2.00 bits per heavy atom. The van der Waals surface area contributed by atoms with E-state index in [0.717, 1.165) is 10.6 Å². The lowest BCUT2D eigenvalue weighted by Crippen LogP contribution is -1.96. The lowest BCUT2D eigenvalue weighted by Gasteiger charge is -2.02. The summed E-state index contributed by atoms with van der Waals surface area (Å²) in [5, 5.41) is 5.84. The number of rotatable bonds is 2. The number of hydrogen-bond donors (Lipinski definition) is 0. The fourth-order valence-electron chi connectivity index (χ4n) is 1.36. The van der Waals surface area contributed by atoms with Crippen LogP contribution in [0.5, 0.6) is 0 Å². The highest BCUT2D eigenvalue weighted by Crippen LogP contribution is 2.25. The highest BCUT2D eigenvalue weighted by molar-refractivity contribution is 7.99. The minimum Gasteiger partial charge on any atom is -0.231 e. The second kappa shape index (κ2) is 4.51. The van der Waals surface area contributed by atoms with Crippen molar-refractivity contribution in [2.24, 2.45) is 0 Å². The molecule has 0 bridgehead atoms. The van der Waals surface area contributed by atoms with Crippen LogP contribution < -0.4 is 0 Å². The van der Waals surface area contributed by atoms with Gasteiger partial charge in [0.1, 0.15) is 16.5 Å². The van der Waals surface area contributed by atoms with E-state index < -0.39 is 0 Å². The van der Waals surface area contributed by atoms with E-state index in [9.17, 15) is 0 Å². The molecule has 0 N–H and O–H groups in total. The molecule has 0 saturated carbocycles. The third-order valence-electron chi connectivity index (χ3n) is 2.14. The van der Waals surface area contributed by atoms with Crippen molar-refractivity contribution in [3.63, 3.8) is 0 Å². The summed E-state index contributed by atoms with van der Waals surface area (Å²) in [6.07, 6.45) is 4.95. The van der Waals surface area contributed by atoms with Crippen molar-refractivity contribution in [3.05, 3.63) is 35.5 Å². The summed E-state index contributed by atoms with van der Waals surface area (Å²) in [7, 11) is 0. The highest BCUT2D eigenvalue weighted by atomic mass is 35.5. The Morgan fingerprint density at radius 1 is 1.22 bits per heavy atom. The molecule has 3 aromatic rings. The van der Waals surface area contributed by atoms with Gasteiger partial charge in [0.05, 0.1) is 0 Å². The van der Waals surface area contributed by atoms with E-state index in [1.165, 1.54) is 18.1 Å². The number of aromatic nitrogens is 6. The average molecular weight is 279 g/mol. The van der Waals surface area contributed by atoms with Crippen LogP contribution in [0, 0.1) is 6.92 Å². The molecule has 18 heavy (non-hydrogen) atoms. The zero-order valence-corrected chi connectivity index (χ0v) is 10.9. The molecule has 3 aromatic heterocycles. The van der Waals surface area contributed by atoms with E-state index in [1.807, 2.05) is 6.92 Å². The first-order valence-electron chi connectivity index (χ1n) is 5.05. The Balaban J connectivity index is 2.03. The van der Waals surface area contributed by atoms with Gasteiger partial charge in [0.25, 0.3) is 5.78 Å². The normalized spacial score (nSPS) is 11.0. The standard InChI is InChI=1S/C10H7ClN6S/c1-6-3-12-10(13-4-6)18-8-2-7(11)16-9-14-5-15-17(8)9/h2-5H,1H3. The molecule has 0 saturated heterocycles. The van der Waals surface area contributed by atoms with E-state index in [4.69, 9.17) is 11.6 Å². The van der Waals surface area contributed by atoms with Gasteiger partial charge in [-0.2, -0.15) is 19.6 Å². The molecular formula is C10H7ClN6S. The Kier molecular flexibility index (Phi) is 2.85. The maximum absolute atomic E-state index is 5.93. The number of nitrogens with zero attached hydrogens (tertiary/aromatic N) is 6. The predicted molar refractivity (Wildman–Crippen MR) is 66.7 cm³/mol. The van der Waals surface area contributed by atoms with Crippen molar-refractivity contribution in [2.45, 2.75) is 17.1 Å². The Hall–Kier alpha value is -1.73. The van der Waals surface area contributed by atoms with Crippen LogP contribution in [-0.4, -0.2) is 29.5 Å². The molecular weight excluding hydrogens is 272 g/mol. The van der Waals surface area contributed by atoms with Crippen molar-refractivity contribution in [1.29, 1.82) is 0 Å². The second-order valence-electron chi connectivity index (χ2n) is 3.53. The van der Waals surface area contributed by atoms with Gasteiger partial charge >= 0.3 is 0 Å². The molecule has 0 aliphatic heterocycles. The maximum Gasteiger partial charge on any atom is 0.254 e. The summed E-state index contributed by atoms with van der Waals surface area (Å²) in [6, 6.07) is 1.71. The molecule has 0 radical (unpaired) electrons. The summed E-state index contributed by atoms with van der Waals surface area (Å²) in [4.78, 5) is 16.5. The van der Waals surface area contributed by atoms with Crippen LogP contribution in [0.25, 0.3) is 5.78 Å². The molecule has 0 unspecified atom stereocenters. The summed E-state index contributed by atoms with van der Waals surface area (Å²) in [6.45, 7) is 1.94. The summed E-state index contributed by atoms with van der Waals surface area (Å²) < 4.78 is 1.60. The smallest absolute Gasteiger partial charge is 0.231 e. The topological polar surface area (TPSA) is 68.9 Å².